The summed E-state index contributed by atoms with van der Waals surface area (Å²) < 4.78 is 5.71. The Kier molecular flexibility index (Phi) is 5.83. The van der Waals surface area contributed by atoms with Crippen LogP contribution in [0.3, 0.4) is 0 Å². The van der Waals surface area contributed by atoms with Crippen molar-refractivity contribution < 1.29 is 4.74 Å². The maximum Gasteiger partial charge on any atom is 0.127 e. The monoisotopic (exact) mass is 278 g/mol. The first-order valence-corrected chi connectivity index (χ1v) is 7.37. The van der Waals surface area contributed by atoms with Crippen LogP contribution < -0.4 is 4.74 Å². The van der Waals surface area contributed by atoms with E-state index in [1.165, 1.54) is 11.1 Å². The third-order valence-electron chi connectivity index (χ3n) is 3.13. The number of ether oxygens (including phenoxy) is 1. The van der Waals surface area contributed by atoms with Crippen molar-refractivity contribution in [3.63, 3.8) is 0 Å². The quantitative estimate of drug-likeness (QED) is 0.694. The molecule has 0 N–H and O–H groups in total. The molecule has 1 aliphatic rings. The molecule has 0 fully saturated rings. The van der Waals surface area contributed by atoms with Gasteiger partial charge in [0, 0.05) is 0 Å². The highest BCUT2D eigenvalue weighted by atomic mass is 16.5. The Balaban J connectivity index is 0.000000194. The lowest BCUT2D eigenvalue weighted by Crippen LogP contribution is -1.95. The molecule has 0 heterocycles. The second kappa shape index (κ2) is 8.11. The summed E-state index contributed by atoms with van der Waals surface area (Å²) in [6.07, 6.45) is 8.51. The highest BCUT2D eigenvalue weighted by Gasteiger charge is 1.99. The van der Waals surface area contributed by atoms with E-state index >= 15 is 0 Å². The van der Waals surface area contributed by atoms with Crippen LogP contribution in [0.25, 0.3) is 0 Å². The van der Waals surface area contributed by atoms with Gasteiger partial charge in [-0.1, -0.05) is 54.1 Å². The van der Waals surface area contributed by atoms with Crippen LogP contribution in [0.15, 0.2) is 78.6 Å². The second-order valence-electron chi connectivity index (χ2n) is 5.16. The topological polar surface area (TPSA) is 9.23 Å². The minimum atomic E-state index is 0.919. The van der Waals surface area contributed by atoms with E-state index in [2.05, 4.69) is 44.2 Å². The Morgan fingerprint density at radius 3 is 2.14 bits per heavy atom. The molecule has 108 valence electrons. The van der Waals surface area contributed by atoms with E-state index in [0.717, 1.165) is 24.4 Å². The molecule has 0 saturated carbocycles. The van der Waals surface area contributed by atoms with Crippen LogP contribution >= 0.6 is 0 Å². The van der Waals surface area contributed by atoms with E-state index in [1.807, 2.05) is 42.5 Å². The zero-order valence-electron chi connectivity index (χ0n) is 12.8. The minimum absolute atomic E-state index is 0.919. The molecule has 0 unspecified atom stereocenters. The average Bonchev–Trinajstić information content (AvgIpc) is 2.50. The molecule has 0 saturated heterocycles. The number of benzene rings is 2. The Labute approximate surface area is 127 Å². The number of hydrogen-bond donors (Lipinski definition) is 0. The summed E-state index contributed by atoms with van der Waals surface area (Å²) in [5.74, 6) is 1.88. The SMILES string of the molecule is Cc1cccc(OC2=CCCC=C2)c1.Cc1ccccc1. The van der Waals surface area contributed by atoms with E-state index in [1.54, 1.807) is 0 Å². The van der Waals surface area contributed by atoms with Gasteiger partial charge in [0.2, 0.25) is 0 Å². The van der Waals surface area contributed by atoms with Crippen molar-refractivity contribution in [2.45, 2.75) is 26.7 Å². The summed E-state index contributed by atoms with van der Waals surface area (Å²) in [7, 11) is 0. The Bertz CT molecular complexity index is 609. The first kappa shape index (κ1) is 15.1. The van der Waals surface area contributed by atoms with Gasteiger partial charge >= 0.3 is 0 Å². The first-order chi connectivity index (χ1) is 10.2. The molecule has 2 aromatic carbocycles. The molecule has 0 radical (unpaired) electrons. The lowest BCUT2D eigenvalue weighted by atomic mass is 10.2. The van der Waals surface area contributed by atoms with Crippen molar-refractivity contribution in [2.24, 2.45) is 0 Å². The molecule has 2 aromatic rings. The van der Waals surface area contributed by atoms with Crippen molar-refractivity contribution in [3.05, 3.63) is 89.7 Å². The maximum atomic E-state index is 5.71. The third kappa shape index (κ3) is 5.70. The predicted molar refractivity (Wildman–Crippen MR) is 89.4 cm³/mol. The largest absolute Gasteiger partial charge is 0.458 e. The van der Waals surface area contributed by atoms with E-state index in [0.29, 0.717) is 0 Å². The second-order valence-corrected chi connectivity index (χ2v) is 5.16. The molecular weight excluding hydrogens is 256 g/mol. The standard InChI is InChI=1S/C13H14O.C7H8/c1-11-6-5-9-13(10-11)14-12-7-3-2-4-8-12;1-7-5-3-2-4-6-7/h3,5-10H,2,4H2,1H3;2-6H,1H3. The molecule has 0 bridgehead atoms. The average molecular weight is 278 g/mol. The summed E-state index contributed by atoms with van der Waals surface area (Å²) in [5.41, 5.74) is 2.55. The van der Waals surface area contributed by atoms with Crippen LogP contribution in [0.1, 0.15) is 24.0 Å². The van der Waals surface area contributed by atoms with E-state index in [4.69, 9.17) is 4.74 Å². The van der Waals surface area contributed by atoms with Crippen LogP contribution in [0.5, 0.6) is 5.75 Å². The van der Waals surface area contributed by atoms with Crippen molar-refractivity contribution in [1.82, 2.24) is 0 Å². The fraction of sp³-hybridized carbons (Fsp3) is 0.200. The first-order valence-electron chi connectivity index (χ1n) is 7.37. The molecule has 3 rings (SSSR count). The molecule has 0 aromatic heterocycles. The third-order valence-corrected chi connectivity index (χ3v) is 3.13. The van der Waals surface area contributed by atoms with Crippen molar-refractivity contribution in [2.75, 3.05) is 0 Å². The summed E-state index contributed by atoms with van der Waals surface area (Å²) in [6.45, 7) is 4.15. The van der Waals surface area contributed by atoms with Crippen molar-refractivity contribution >= 4 is 0 Å². The smallest absolute Gasteiger partial charge is 0.127 e. The summed E-state index contributed by atoms with van der Waals surface area (Å²) >= 11 is 0. The molecule has 0 spiro atoms. The highest BCUT2D eigenvalue weighted by Crippen LogP contribution is 2.18. The molecule has 1 aliphatic carbocycles. The lowest BCUT2D eigenvalue weighted by molar-refractivity contribution is 0.439. The van der Waals surface area contributed by atoms with Crippen LogP contribution in [-0.4, -0.2) is 0 Å². The van der Waals surface area contributed by atoms with Crippen molar-refractivity contribution in [1.29, 1.82) is 0 Å². The van der Waals surface area contributed by atoms with E-state index in [-0.39, 0.29) is 0 Å². The normalized spacial score (nSPS) is 13.0. The molecule has 21 heavy (non-hydrogen) atoms. The minimum Gasteiger partial charge on any atom is -0.458 e. The zero-order valence-corrected chi connectivity index (χ0v) is 12.8. The molecule has 1 nitrogen and oxygen atoms in total. The highest BCUT2D eigenvalue weighted by molar-refractivity contribution is 5.31. The van der Waals surface area contributed by atoms with Gasteiger partial charge in [-0.05, 0) is 56.5 Å². The molecular formula is C20H22O. The fourth-order valence-corrected chi connectivity index (χ4v) is 2.01. The van der Waals surface area contributed by atoms with Gasteiger partial charge in [0.1, 0.15) is 11.5 Å². The van der Waals surface area contributed by atoms with Gasteiger partial charge in [0.25, 0.3) is 0 Å². The number of rotatable bonds is 2. The van der Waals surface area contributed by atoms with Gasteiger partial charge in [-0.15, -0.1) is 0 Å². The molecule has 1 heteroatoms. The fourth-order valence-electron chi connectivity index (χ4n) is 2.01. The number of aryl methyl sites for hydroxylation is 2. The molecule has 0 atom stereocenters. The van der Waals surface area contributed by atoms with Crippen LogP contribution in [0.4, 0.5) is 0 Å². The van der Waals surface area contributed by atoms with E-state index in [9.17, 15) is 0 Å². The van der Waals surface area contributed by atoms with Crippen LogP contribution in [0.2, 0.25) is 0 Å². The molecule has 0 aliphatic heterocycles. The van der Waals surface area contributed by atoms with Crippen LogP contribution in [-0.2, 0) is 0 Å². The lowest BCUT2D eigenvalue weighted by Gasteiger charge is -2.09. The van der Waals surface area contributed by atoms with Gasteiger partial charge < -0.3 is 4.74 Å². The summed E-state index contributed by atoms with van der Waals surface area (Å²) in [4.78, 5) is 0. The van der Waals surface area contributed by atoms with Gasteiger partial charge in [0.15, 0.2) is 0 Å². The van der Waals surface area contributed by atoms with Gasteiger partial charge in [-0.3, -0.25) is 0 Å². The number of hydrogen-bond acceptors (Lipinski definition) is 1. The Morgan fingerprint density at radius 2 is 1.57 bits per heavy atom. The number of allylic oxidation sites excluding steroid dienone is 3. The van der Waals surface area contributed by atoms with E-state index < -0.39 is 0 Å². The van der Waals surface area contributed by atoms with Gasteiger partial charge in [-0.2, -0.15) is 0 Å². The Hall–Kier alpha value is -2.28. The van der Waals surface area contributed by atoms with Crippen LogP contribution in [0, 0.1) is 13.8 Å². The Morgan fingerprint density at radius 1 is 0.810 bits per heavy atom. The maximum absolute atomic E-state index is 5.71. The zero-order chi connectivity index (χ0) is 14.9. The van der Waals surface area contributed by atoms with Gasteiger partial charge in [0.05, 0.1) is 0 Å². The predicted octanol–water partition coefficient (Wildman–Crippen LogP) is 5.60. The van der Waals surface area contributed by atoms with Crippen molar-refractivity contribution in [3.8, 4) is 5.75 Å². The molecule has 0 amide bonds. The van der Waals surface area contributed by atoms with Gasteiger partial charge in [-0.25, -0.2) is 0 Å². The summed E-state index contributed by atoms with van der Waals surface area (Å²) in [5, 5.41) is 0. The summed E-state index contributed by atoms with van der Waals surface area (Å²) in [6, 6.07) is 18.4.